The number of rotatable bonds is 5. The quantitative estimate of drug-likeness (QED) is 0.650. The van der Waals surface area contributed by atoms with Gasteiger partial charge in [0, 0.05) is 11.8 Å². The second-order valence-electron chi connectivity index (χ2n) is 3.74. The van der Waals surface area contributed by atoms with Gasteiger partial charge in [-0.2, -0.15) is 0 Å². The van der Waals surface area contributed by atoms with Gasteiger partial charge in [-0.25, -0.2) is 4.98 Å². The van der Waals surface area contributed by atoms with Crippen molar-refractivity contribution in [2.45, 2.75) is 6.92 Å². The first kappa shape index (κ1) is 13.4. The van der Waals surface area contributed by atoms with Gasteiger partial charge in [0.2, 0.25) is 0 Å². The van der Waals surface area contributed by atoms with Gasteiger partial charge in [0.15, 0.2) is 11.5 Å². The van der Waals surface area contributed by atoms with Crippen LogP contribution in [0.2, 0.25) is 0 Å². The zero-order valence-corrected chi connectivity index (χ0v) is 11.6. The third kappa shape index (κ3) is 2.85. The number of nitrogens with two attached hydrogens (primary N) is 1. The molecule has 0 radical (unpaired) electrons. The van der Waals surface area contributed by atoms with Crippen molar-refractivity contribution in [3.63, 3.8) is 0 Å². The monoisotopic (exact) mass is 277 g/mol. The van der Waals surface area contributed by atoms with Gasteiger partial charge in [-0.1, -0.05) is 0 Å². The van der Waals surface area contributed by atoms with Gasteiger partial charge in [0.1, 0.15) is 10.8 Å². The fourth-order valence-electron chi connectivity index (χ4n) is 1.61. The molecule has 0 amide bonds. The van der Waals surface area contributed by atoms with Crippen LogP contribution in [-0.2, 0) is 0 Å². The van der Waals surface area contributed by atoms with E-state index in [-0.39, 0.29) is 5.84 Å². The molecule has 2 rings (SSSR count). The molecule has 0 saturated heterocycles. The van der Waals surface area contributed by atoms with E-state index in [2.05, 4.69) is 4.98 Å². The third-order valence-corrected chi connectivity index (χ3v) is 3.56. The molecule has 0 aliphatic heterocycles. The largest absolute Gasteiger partial charge is 0.493 e. The standard InChI is InChI=1S/C13H15N3O2S/c1-3-18-9-5-4-8(6-10(9)17-2)13-16-7-11(19-13)12(14)15/h4-7H,3H2,1-2H3,(H3,14,15). The Morgan fingerprint density at radius 3 is 2.79 bits per heavy atom. The summed E-state index contributed by atoms with van der Waals surface area (Å²) in [5.41, 5.74) is 6.35. The summed E-state index contributed by atoms with van der Waals surface area (Å²) in [5.74, 6) is 1.40. The van der Waals surface area contributed by atoms with E-state index in [4.69, 9.17) is 20.6 Å². The lowest BCUT2D eigenvalue weighted by Gasteiger charge is -2.09. The maximum atomic E-state index is 7.38. The summed E-state index contributed by atoms with van der Waals surface area (Å²) < 4.78 is 10.8. The number of aromatic nitrogens is 1. The summed E-state index contributed by atoms with van der Waals surface area (Å²) in [6.45, 7) is 2.51. The summed E-state index contributed by atoms with van der Waals surface area (Å²) in [6, 6.07) is 5.64. The van der Waals surface area contributed by atoms with Crippen molar-refractivity contribution in [3.05, 3.63) is 29.3 Å². The van der Waals surface area contributed by atoms with E-state index >= 15 is 0 Å². The summed E-state index contributed by atoms with van der Waals surface area (Å²) in [7, 11) is 1.60. The Morgan fingerprint density at radius 1 is 1.42 bits per heavy atom. The number of amidine groups is 1. The molecule has 5 nitrogen and oxygen atoms in total. The van der Waals surface area contributed by atoms with Gasteiger partial charge in [-0.05, 0) is 25.1 Å². The smallest absolute Gasteiger partial charge is 0.161 e. The highest BCUT2D eigenvalue weighted by molar-refractivity contribution is 7.16. The summed E-state index contributed by atoms with van der Waals surface area (Å²) in [6.07, 6.45) is 1.60. The minimum absolute atomic E-state index is 0.0293. The van der Waals surface area contributed by atoms with Gasteiger partial charge in [-0.15, -0.1) is 11.3 Å². The maximum absolute atomic E-state index is 7.38. The van der Waals surface area contributed by atoms with Crippen LogP contribution in [0.1, 0.15) is 11.8 Å². The molecule has 0 aliphatic rings. The van der Waals surface area contributed by atoms with Crippen LogP contribution in [0.4, 0.5) is 0 Å². The first-order chi connectivity index (χ1) is 9.15. The fraction of sp³-hybridized carbons (Fsp3) is 0.231. The molecule has 19 heavy (non-hydrogen) atoms. The molecule has 0 atom stereocenters. The van der Waals surface area contributed by atoms with Crippen molar-refractivity contribution in [1.29, 1.82) is 5.41 Å². The average molecular weight is 277 g/mol. The number of nitrogens with zero attached hydrogens (tertiary/aromatic N) is 1. The summed E-state index contributed by atoms with van der Waals surface area (Å²) in [5, 5.41) is 8.18. The third-order valence-electron chi connectivity index (χ3n) is 2.48. The fourth-order valence-corrected chi connectivity index (χ4v) is 2.38. The number of ether oxygens (including phenoxy) is 2. The minimum atomic E-state index is 0.0293. The Hall–Kier alpha value is -2.08. The van der Waals surface area contributed by atoms with Crippen molar-refractivity contribution in [3.8, 4) is 22.1 Å². The Balaban J connectivity index is 2.36. The molecule has 0 spiro atoms. The Kier molecular flexibility index (Phi) is 4.01. The van der Waals surface area contributed by atoms with E-state index < -0.39 is 0 Å². The van der Waals surface area contributed by atoms with Crippen molar-refractivity contribution >= 4 is 17.2 Å². The predicted molar refractivity (Wildman–Crippen MR) is 76.3 cm³/mol. The molecular weight excluding hydrogens is 262 g/mol. The lowest BCUT2D eigenvalue weighted by molar-refractivity contribution is 0.311. The van der Waals surface area contributed by atoms with Crippen LogP contribution in [0.3, 0.4) is 0 Å². The molecule has 0 saturated carbocycles. The molecular formula is C13H15N3O2S. The molecule has 1 aromatic heterocycles. The number of benzene rings is 1. The van der Waals surface area contributed by atoms with Crippen molar-refractivity contribution in [2.24, 2.45) is 5.73 Å². The lowest BCUT2D eigenvalue weighted by atomic mass is 10.2. The first-order valence-electron chi connectivity index (χ1n) is 5.77. The molecule has 100 valence electrons. The van der Waals surface area contributed by atoms with Gasteiger partial charge in [-0.3, -0.25) is 5.41 Å². The zero-order valence-electron chi connectivity index (χ0n) is 10.8. The summed E-state index contributed by atoms with van der Waals surface area (Å²) in [4.78, 5) is 4.92. The second-order valence-corrected chi connectivity index (χ2v) is 4.77. The lowest BCUT2D eigenvalue weighted by Crippen LogP contribution is -2.08. The molecule has 0 fully saturated rings. The van der Waals surface area contributed by atoms with Gasteiger partial charge >= 0.3 is 0 Å². The van der Waals surface area contributed by atoms with Crippen molar-refractivity contribution < 1.29 is 9.47 Å². The molecule has 1 heterocycles. The van der Waals surface area contributed by atoms with Crippen LogP contribution >= 0.6 is 11.3 Å². The number of nitrogen functional groups attached to an aromatic ring is 1. The number of methoxy groups -OCH3 is 1. The maximum Gasteiger partial charge on any atom is 0.161 e. The molecule has 1 aromatic carbocycles. The second kappa shape index (κ2) is 5.71. The molecule has 0 bridgehead atoms. The Bertz CT molecular complexity index is 595. The van der Waals surface area contributed by atoms with Gasteiger partial charge in [0.25, 0.3) is 0 Å². The highest BCUT2D eigenvalue weighted by atomic mass is 32.1. The highest BCUT2D eigenvalue weighted by Crippen LogP contribution is 2.34. The van der Waals surface area contributed by atoms with Gasteiger partial charge in [0.05, 0.1) is 18.6 Å². The predicted octanol–water partition coefficient (Wildman–Crippen LogP) is 2.50. The molecule has 2 aromatic rings. The van der Waals surface area contributed by atoms with Crippen LogP contribution in [0.5, 0.6) is 11.5 Å². The zero-order chi connectivity index (χ0) is 13.8. The van der Waals surface area contributed by atoms with Crippen LogP contribution in [0.15, 0.2) is 24.4 Å². The molecule has 0 unspecified atom stereocenters. The van der Waals surface area contributed by atoms with Crippen LogP contribution in [-0.4, -0.2) is 24.5 Å². The van der Waals surface area contributed by atoms with E-state index in [0.717, 1.165) is 10.6 Å². The van der Waals surface area contributed by atoms with Gasteiger partial charge < -0.3 is 15.2 Å². The molecule has 3 N–H and O–H groups in total. The highest BCUT2D eigenvalue weighted by Gasteiger charge is 2.10. The Morgan fingerprint density at radius 2 is 2.21 bits per heavy atom. The van der Waals surface area contributed by atoms with Crippen molar-refractivity contribution in [1.82, 2.24) is 4.98 Å². The normalized spacial score (nSPS) is 10.2. The number of hydrogen-bond acceptors (Lipinski definition) is 5. The Labute approximate surface area is 115 Å². The summed E-state index contributed by atoms with van der Waals surface area (Å²) >= 11 is 1.38. The first-order valence-corrected chi connectivity index (χ1v) is 6.58. The molecule has 6 heteroatoms. The van der Waals surface area contributed by atoms with Crippen molar-refractivity contribution in [2.75, 3.05) is 13.7 Å². The molecule has 0 aliphatic carbocycles. The SMILES string of the molecule is CCOc1ccc(-c2ncc(C(=N)N)s2)cc1OC. The van der Waals surface area contributed by atoms with E-state index in [1.807, 2.05) is 25.1 Å². The van der Waals surface area contributed by atoms with E-state index in [1.54, 1.807) is 13.3 Å². The average Bonchev–Trinajstić information content (AvgIpc) is 2.89. The van der Waals surface area contributed by atoms with E-state index in [9.17, 15) is 0 Å². The number of nitrogens with one attached hydrogen (secondary N) is 1. The van der Waals surface area contributed by atoms with E-state index in [1.165, 1.54) is 11.3 Å². The topological polar surface area (TPSA) is 81.2 Å². The van der Waals surface area contributed by atoms with E-state index in [0.29, 0.717) is 23.0 Å². The number of thiazole rings is 1. The minimum Gasteiger partial charge on any atom is -0.493 e. The van der Waals surface area contributed by atoms with Crippen LogP contribution in [0.25, 0.3) is 10.6 Å². The van der Waals surface area contributed by atoms with Crippen LogP contribution < -0.4 is 15.2 Å². The van der Waals surface area contributed by atoms with Crippen LogP contribution in [0, 0.1) is 5.41 Å². The number of hydrogen-bond donors (Lipinski definition) is 2.